The van der Waals surface area contributed by atoms with Gasteiger partial charge in [0.05, 0.1) is 31.6 Å². The first-order valence-electron chi connectivity index (χ1n) is 13.1. The number of benzene rings is 3. The smallest absolute Gasteiger partial charge is 0.268 e. The van der Waals surface area contributed by atoms with E-state index in [0.717, 1.165) is 0 Å². The predicted molar refractivity (Wildman–Crippen MR) is 159 cm³/mol. The van der Waals surface area contributed by atoms with E-state index in [1.165, 1.54) is 43.5 Å². The number of amides is 1. The number of halogens is 1. The van der Waals surface area contributed by atoms with Crippen LogP contribution in [0.15, 0.2) is 102 Å². The van der Waals surface area contributed by atoms with E-state index in [4.69, 9.17) is 14.2 Å². The van der Waals surface area contributed by atoms with E-state index in [1.807, 2.05) is 0 Å². The fraction of sp³-hybridized carbons (Fsp3) is 0.0625. The van der Waals surface area contributed by atoms with Crippen molar-refractivity contribution in [1.82, 2.24) is 20.2 Å². The minimum absolute atomic E-state index is 0.0775. The molecule has 0 saturated heterocycles. The Kier molecular flexibility index (Phi) is 7.27. The Labute approximate surface area is 244 Å². The Morgan fingerprint density at radius 2 is 1.63 bits per heavy atom. The van der Waals surface area contributed by atoms with Gasteiger partial charge in [-0.1, -0.05) is 18.2 Å². The minimum Gasteiger partial charge on any atom is -0.493 e. The third-order valence-corrected chi connectivity index (χ3v) is 6.78. The van der Waals surface area contributed by atoms with Gasteiger partial charge in [0.2, 0.25) is 0 Å². The van der Waals surface area contributed by atoms with E-state index < -0.39 is 17.3 Å². The van der Waals surface area contributed by atoms with Gasteiger partial charge < -0.3 is 19.2 Å². The van der Waals surface area contributed by atoms with Gasteiger partial charge in [-0.25, -0.2) is 4.39 Å². The number of aromatic amines is 2. The first-order chi connectivity index (χ1) is 21.0. The number of carbonyl (C=O) groups is 1. The van der Waals surface area contributed by atoms with Crippen LogP contribution in [0.25, 0.3) is 22.0 Å². The summed E-state index contributed by atoms with van der Waals surface area (Å²) in [5, 5.41) is 7.22. The second kappa shape index (κ2) is 11.5. The highest BCUT2D eigenvalue weighted by molar-refractivity contribution is 6.11. The maximum Gasteiger partial charge on any atom is 0.268 e. The number of hydrogen-bond donors (Lipinski definition) is 2. The van der Waals surface area contributed by atoms with Crippen LogP contribution < -0.4 is 24.7 Å². The zero-order valence-electron chi connectivity index (χ0n) is 23.0. The molecule has 11 heteroatoms. The lowest BCUT2D eigenvalue weighted by atomic mass is 10.1. The Bertz CT molecular complexity index is 1990. The lowest BCUT2D eigenvalue weighted by Crippen LogP contribution is -2.31. The third-order valence-electron chi connectivity index (χ3n) is 6.78. The quantitative estimate of drug-likeness (QED) is 0.220. The van der Waals surface area contributed by atoms with Crippen molar-refractivity contribution in [2.24, 2.45) is 0 Å². The van der Waals surface area contributed by atoms with Gasteiger partial charge in [-0.05, 0) is 42.5 Å². The first-order valence-corrected chi connectivity index (χ1v) is 13.1. The molecule has 3 aromatic heterocycles. The Morgan fingerprint density at radius 1 is 0.837 bits per heavy atom. The van der Waals surface area contributed by atoms with Gasteiger partial charge in [0.25, 0.3) is 11.5 Å². The van der Waals surface area contributed by atoms with E-state index in [-0.39, 0.29) is 17.0 Å². The first kappa shape index (κ1) is 27.2. The van der Waals surface area contributed by atoms with E-state index in [0.29, 0.717) is 45.0 Å². The Balaban J connectivity index is 1.38. The Morgan fingerprint density at radius 3 is 2.35 bits per heavy atom. The molecule has 0 aliphatic rings. The maximum atomic E-state index is 15.7. The van der Waals surface area contributed by atoms with Crippen LogP contribution in [0.3, 0.4) is 0 Å². The van der Waals surface area contributed by atoms with Gasteiger partial charge in [0.1, 0.15) is 11.3 Å². The summed E-state index contributed by atoms with van der Waals surface area (Å²) in [7, 11) is 3.04. The molecule has 0 bridgehead atoms. The number of anilines is 2. The lowest BCUT2D eigenvalue weighted by molar-refractivity contribution is 0.0998. The van der Waals surface area contributed by atoms with Crippen LogP contribution in [0.2, 0.25) is 0 Å². The van der Waals surface area contributed by atoms with Crippen LogP contribution in [0.1, 0.15) is 10.4 Å². The average molecular weight is 578 g/mol. The molecule has 10 nitrogen and oxygen atoms in total. The minimum atomic E-state index is -0.724. The van der Waals surface area contributed by atoms with E-state index >= 15 is 4.39 Å². The number of rotatable bonds is 8. The summed E-state index contributed by atoms with van der Waals surface area (Å²) in [4.78, 5) is 35.0. The molecule has 214 valence electrons. The van der Waals surface area contributed by atoms with Crippen LogP contribution in [-0.4, -0.2) is 40.3 Å². The maximum absolute atomic E-state index is 15.7. The molecule has 0 unspecified atom stereocenters. The van der Waals surface area contributed by atoms with Crippen molar-refractivity contribution in [3.8, 4) is 34.1 Å². The van der Waals surface area contributed by atoms with Crippen LogP contribution >= 0.6 is 0 Å². The molecule has 6 aromatic rings. The zero-order valence-corrected chi connectivity index (χ0v) is 23.0. The number of para-hydroxylation sites is 1. The summed E-state index contributed by atoms with van der Waals surface area (Å²) < 4.78 is 32.4. The molecule has 3 aromatic carbocycles. The number of nitrogens with one attached hydrogen (secondary N) is 2. The Hall–Kier alpha value is -5.97. The highest BCUT2D eigenvalue weighted by Gasteiger charge is 2.24. The standard InChI is InChI=1S/C32H24FN5O5/c1-41-29-14-23-26(15-30(29)42-2)34-11-10-27(23)43-28-9-8-22(13-25(28)33)38(21-6-4-3-5-7-21)32(40)24-12-19(16-35-31(24)39)20-17-36-37-18-20/h3-18H,1-2H3,(H,35,39)(H,36,37). The summed E-state index contributed by atoms with van der Waals surface area (Å²) >= 11 is 0. The predicted octanol–water partition coefficient (Wildman–Crippen LogP) is 6.24. The third kappa shape index (κ3) is 5.26. The van der Waals surface area contributed by atoms with Gasteiger partial charge in [-0.15, -0.1) is 0 Å². The number of pyridine rings is 2. The molecule has 0 spiro atoms. The van der Waals surface area contributed by atoms with Crippen molar-refractivity contribution in [3.63, 3.8) is 0 Å². The number of hydrogen-bond acceptors (Lipinski definition) is 7. The van der Waals surface area contributed by atoms with Crippen molar-refractivity contribution in [2.45, 2.75) is 0 Å². The molecule has 0 saturated carbocycles. The van der Waals surface area contributed by atoms with Gasteiger partial charge in [-0.3, -0.25) is 24.6 Å². The molecule has 0 aliphatic carbocycles. The topological polar surface area (TPSA) is 122 Å². The lowest BCUT2D eigenvalue weighted by Gasteiger charge is -2.23. The van der Waals surface area contributed by atoms with Crippen LogP contribution in [0, 0.1) is 5.82 Å². The summed E-state index contributed by atoms with van der Waals surface area (Å²) in [6, 6.07) is 19.3. The molecule has 6 rings (SSSR count). The number of H-pyrrole nitrogens is 2. The molecule has 2 N–H and O–H groups in total. The van der Waals surface area contributed by atoms with Crippen molar-refractivity contribution in [2.75, 3.05) is 19.1 Å². The van der Waals surface area contributed by atoms with Gasteiger partial charge in [0, 0.05) is 52.9 Å². The number of methoxy groups -OCH3 is 2. The van der Waals surface area contributed by atoms with Crippen molar-refractivity contribution >= 4 is 28.2 Å². The van der Waals surface area contributed by atoms with Crippen molar-refractivity contribution in [3.05, 3.63) is 119 Å². The van der Waals surface area contributed by atoms with E-state index in [1.54, 1.807) is 73.2 Å². The van der Waals surface area contributed by atoms with E-state index in [2.05, 4.69) is 20.2 Å². The molecular weight excluding hydrogens is 553 g/mol. The SMILES string of the molecule is COc1cc2nccc(Oc3ccc(N(C(=O)c4cc(-c5cn[nH]c5)c[nH]c4=O)c4ccccc4)cc3F)c2cc1OC. The van der Waals surface area contributed by atoms with Gasteiger partial charge in [-0.2, -0.15) is 5.10 Å². The molecule has 0 aliphatic heterocycles. The number of carbonyl (C=O) groups excluding carboxylic acids is 1. The molecule has 0 atom stereocenters. The van der Waals surface area contributed by atoms with Crippen molar-refractivity contribution < 1.29 is 23.4 Å². The number of fused-ring (bicyclic) bond motifs is 1. The highest BCUT2D eigenvalue weighted by atomic mass is 19.1. The number of aromatic nitrogens is 4. The molecule has 0 fully saturated rings. The van der Waals surface area contributed by atoms with Crippen LogP contribution in [0.5, 0.6) is 23.0 Å². The summed E-state index contributed by atoms with van der Waals surface area (Å²) in [6.07, 6.45) is 6.26. The fourth-order valence-electron chi connectivity index (χ4n) is 4.67. The number of ether oxygens (including phenoxy) is 3. The summed E-state index contributed by atoms with van der Waals surface area (Å²) in [5.41, 5.74) is 1.75. The molecule has 1 amide bonds. The van der Waals surface area contributed by atoms with Crippen molar-refractivity contribution in [1.29, 1.82) is 0 Å². The molecule has 3 heterocycles. The largest absolute Gasteiger partial charge is 0.493 e. The molecule has 43 heavy (non-hydrogen) atoms. The second-order valence-corrected chi connectivity index (χ2v) is 9.34. The second-order valence-electron chi connectivity index (χ2n) is 9.34. The van der Waals surface area contributed by atoms with Crippen LogP contribution in [-0.2, 0) is 0 Å². The average Bonchev–Trinajstić information content (AvgIpc) is 3.58. The highest BCUT2D eigenvalue weighted by Crippen LogP contribution is 2.38. The molecular formula is C32H24FN5O5. The summed E-state index contributed by atoms with van der Waals surface area (Å²) in [5.74, 6) is -0.144. The normalized spacial score (nSPS) is 10.9. The molecule has 0 radical (unpaired) electrons. The van der Waals surface area contributed by atoms with Crippen LogP contribution in [0.4, 0.5) is 15.8 Å². The van der Waals surface area contributed by atoms with Gasteiger partial charge in [0.15, 0.2) is 23.1 Å². The van der Waals surface area contributed by atoms with E-state index in [9.17, 15) is 9.59 Å². The fourth-order valence-corrected chi connectivity index (χ4v) is 4.67. The zero-order chi connectivity index (χ0) is 29.9. The van der Waals surface area contributed by atoms with Gasteiger partial charge >= 0.3 is 0 Å². The monoisotopic (exact) mass is 577 g/mol. The number of nitrogens with zero attached hydrogens (tertiary/aromatic N) is 3. The summed E-state index contributed by atoms with van der Waals surface area (Å²) in [6.45, 7) is 0.